The number of rotatable bonds is 6. The average Bonchev–Trinajstić information content (AvgIpc) is 2.61. The molecule has 2 aromatic carbocycles. The topological polar surface area (TPSA) is 73.9 Å². The first kappa shape index (κ1) is 20.3. The number of hydrogen-bond acceptors (Lipinski definition) is 5. The van der Waals surface area contributed by atoms with Gasteiger partial charge in [0.05, 0.1) is 7.11 Å². The Morgan fingerprint density at radius 1 is 0.963 bits per heavy atom. The molecular weight excluding hydrogens is 346 g/mol. The summed E-state index contributed by atoms with van der Waals surface area (Å²) in [6.07, 6.45) is -0.390. The molecule has 2 rings (SSSR count). The third-order valence-corrected chi connectivity index (χ3v) is 3.52. The zero-order valence-electron chi connectivity index (χ0n) is 16.0. The fraction of sp³-hybridized carbons (Fsp3) is 0.333. The van der Waals surface area contributed by atoms with Gasteiger partial charge in [-0.25, -0.2) is 9.59 Å². The normalized spacial score (nSPS) is 12.0. The van der Waals surface area contributed by atoms with Crippen molar-refractivity contribution in [3.63, 3.8) is 0 Å². The van der Waals surface area contributed by atoms with Crippen LogP contribution in [0.5, 0.6) is 11.5 Å². The maximum Gasteiger partial charge on any atom is 0.408 e. The molecule has 0 spiro atoms. The minimum Gasteiger partial charge on any atom is -0.467 e. The number of ether oxygens (including phenoxy) is 3. The van der Waals surface area contributed by atoms with Gasteiger partial charge < -0.3 is 19.5 Å². The number of carbonyl (C=O) groups is 2. The molecule has 0 heterocycles. The maximum atomic E-state index is 12.0. The van der Waals surface area contributed by atoms with Gasteiger partial charge in [-0.3, -0.25) is 0 Å². The van der Waals surface area contributed by atoms with Crippen LogP contribution in [0.1, 0.15) is 26.3 Å². The lowest BCUT2D eigenvalue weighted by atomic mass is 10.1. The highest BCUT2D eigenvalue weighted by molar-refractivity contribution is 5.81. The molecule has 0 aliphatic carbocycles. The lowest BCUT2D eigenvalue weighted by Gasteiger charge is -2.22. The summed E-state index contributed by atoms with van der Waals surface area (Å²) in [6, 6.07) is 15.9. The van der Waals surface area contributed by atoms with Crippen LogP contribution in [0.3, 0.4) is 0 Å². The summed E-state index contributed by atoms with van der Waals surface area (Å²) in [6.45, 7) is 5.27. The molecule has 1 atom stereocenters. The molecular formula is C21H25NO5. The Morgan fingerprint density at radius 3 is 2.11 bits per heavy atom. The smallest absolute Gasteiger partial charge is 0.408 e. The van der Waals surface area contributed by atoms with Crippen molar-refractivity contribution in [1.29, 1.82) is 0 Å². The van der Waals surface area contributed by atoms with Crippen LogP contribution >= 0.6 is 0 Å². The van der Waals surface area contributed by atoms with Crippen LogP contribution < -0.4 is 10.1 Å². The number of esters is 1. The van der Waals surface area contributed by atoms with Gasteiger partial charge in [0.2, 0.25) is 0 Å². The van der Waals surface area contributed by atoms with Crippen molar-refractivity contribution >= 4 is 12.1 Å². The largest absolute Gasteiger partial charge is 0.467 e. The Bertz CT molecular complexity index is 750. The van der Waals surface area contributed by atoms with Gasteiger partial charge in [0, 0.05) is 6.42 Å². The van der Waals surface area contributed by atoms with E-state index in [1.165, 1.54) is 7.11 Å². The molecule has 1 N–H and O–H groups in total. The molecule has 6 nitrogen and oxygen atoms in total. The molecule has 0 saturated carbocycles. The van der Waals surface area contributed by atoms with Crippen molar-refractivity contribution in [3.05, 3.63) is 60.2 Å². The second-order valence-corrected chi connectivity index (χ2v) is 6.99. The minimum absolute atomic E-state index is 0.275. The number of amides is 1. The number of carbonyl (C=O) groups excluding carboxylic acids is 2. The molecule has 0 aliphatic heterocycles. The molecule has 0 saturated heterocycles. The summed E-state index contributed by atoms with van der Waals surface area (Å²) >= 11 is 0. The highest BCUT2D eigenvalue weighted by atomic mass is 16.6. The lowest BCUT2D eigenvalue weighted by Crippen LogP contribution is -2.45. The van der Waals surface area contributed by atoms with Gasteiger partial charge in [-0.05, 0) is 50.6 Å². The standard InChI is InChI=1S/C21H25NO5/c1-21(2,3)27-20(24)22-18(19(23)25-4)14-15-10-12-17(13-11-15)26-16-8-6-5-7-9-16/h5-13,18H,14H2,1-4H3,(H,22,24). The molecule has 0 fully saturated rings. The molecule has 0 radical (unpaired) electrons. The van der Waals surface area contributed by atoms with Gasteiger partial charge in [0.25, 0.3) is 0 Å². The zero-order valence-corrected chi connectivity index (χ0v) is 16.0. The monoisotopic (exact) mass is 371 g/mol. The van der Waals surface area contributed by atoms with Crippen molar-refractivity contribution in [2.75, 3.05) is 7.11 Å². The predicted octanol–water partition coefficient (Wildman–Crippen LogP) is 4.09. The second-order valence-electron chi connectivity index (χ2n) is 6.99. The van der Waals surface area contributed by atoms with Crippen molar-refractivity contribution in [3.8, 4) is 11.5 Å². The molecule has 144 valence electrons. The third-order valence-electron chi connectivity index (χ3n) is 3.52. The van der Waals surface area contributed by atoms with Gasteiger partial charge in [-0.15, -0.1) is 0 Å². The summed E-state index contributed by atoms with van der Waals surface area (Å²) in [5.41, 5.74) is 0.197. The maximum absolute atomic E-state index is 12.0. The Kier molecular flexibility index (Phi) is 6.82. The van der Waals surface area contributed by atoms with Gasteiger partial charge in [-0.2, -0.15) is 0 Å². The van der Waals surface area contributed by atoms with Gasteiger partial charge >= 0.3 is 12.1 Å². The van der Waals surface area contributed by atoms with Gasteiger partial charge in [0.15, 0.2) is 0 Å². The first-order valence-corrected chi connectivity index (χ1v) is 8.66. The van der Waals surface area contributed by atoms with E-state index in [0.717, 1.165) is 11.3 Å². The Labute approximate surface area is 159 Å². The van der Waals surface area contributed by atoms with E-state index in [1.807, 2.05) is 54.6 Å². The van der Waals surface area contributed by atoms with Crippen molar-refractivity contribution in [2.45, 2.75) is 38.8 Å². The van der Waals surface area contributed by atoms with E-state index in [1.54, 1.807) is 20.8 Å². The van der Waals surface area contributed by atoms with E-state index in [0.29, 0.717) is 5.75 Å². The molecule has 0 aromatic heterocycles. The van der Waals surface area contributed by atoms with E-state index in [2.05, 4.69) is 5.32 Å². The van der Waals surface area contributed by atoms with Crippen molar-refractivity contribution in [1.82, 2.24) is 5.32 Å². The van der Waals surface area contributed by atoms with E-state index in [-0.39, 0.29) is 6.42 Å². The Morgan fingerprint density at radius 2 is 1.56 bits per heavy atom. The predicted molar refractivity (Wildman–Crippen MR) is 102 cm³/mol. The number of alkyl carbamates (subject to hydrolysis) is 1. The summed E-state index contributed by atoms with van der Waals surface area (Å²) in [5.74, 6) is 0.884. The van der Waals surface area contributed by atoms with E-state index in [9.17, 15) is 9.59 Å². The summed E-state index contributed by atoms with van der Waals surface area (Å²) in [5, 5.41) is 2.56. The average molecular weight is 371 g/mol. The Hall–Kier alpha value is -3.02. The van der Waals surface area contributed by atoms with Crippen LogP contribution in [0.2, 0.25) is 0 Å². The Balaban J connectivity index is 2.02. The number of methoxy groups -OCH3 is 1. The quantitative estimate of drug-likeness (QED) is 0.774. The summed E-state index contributed by atoms with van der Waals surface area (Å²) in [4.78, 5) is 24.0. The van der Waals surface area contributed by atoms with Crippen molar-refractivity contribution < 1.29 is 23.8 Å². The minimum atomic E-state index is -0.842. The molecule has 1 amide bonds. The van der Waals surface area contributed by atoms with Crippen LogP contribution in [-0.4, -0.2) is 30.8 Å². The fourth-order valence-corrected chi connectivity index (χ4v) is 2.34. The van der Waals surface area contributed by atoms with Crippen LogP contribution in [-0.2, 0) is 20.7 Å². The SMILES string of the molecule is COC(=O)C(Cc1ccc(Oc2ccccc2)cc1)NC(=O)OC(C)(C)C. The highest BCUT2D eigenvalue weighted by Crippen LogP contribution is 2.21. The van der Waals surface area contributed by atoms with Crippen LogP contribution in [0.15, 0.2) is 54.6 Å². The summed E-state index contributed by atoms with van der Waals surface area (Å²) < 4.78 is 15.7. The number of para-hydroxylation sites is 1. The van der Waals surface area contributed by atoms with E-state index < -0.39 is 23.7 Å². The first-order chi connectivity index (χ1) is 12.8. The number of benzene rings is 2. The van der Waals surface area contributed by atoms with Gasteiger partial charge in [0.1, 0.15) is 23.1 Å². The zero-order chi connectivity index (χ0) is 19.9. The van der Waals surface area contributed by atoms with E-state index >= 15 is 0 Å². The number of hydrogen-bond donors (Lipinski definition) is 1. The van der Waals surface area contributed by atoms with Crippen molar-refractivity contribution in [2.24, 2.45) is 0 Å². The fourth-order valence-electron chi connectivity index (χ4n) is 2.34. The third kappa shape index (κ3) is 7.01. The van der Waals surface area contributed by atoms with E-state index in [4.69, 9.17) is 14.2 Å². The highest BCUT2D eigenvalue weighted by Gasteiger charge is 2.25. The lowest BCUT2D eigenvalue weighted by molar-refractivity contribution is -0.143. The first-order valence-electron chi connectivity index (χ1n) is 8.66. The summed E-state index contributed by atoms with van der Waals surface area (Å²) in [7, 11) is 1.28. The van der Waals surface area contributed by atoms with Crippen LogP contribution in [0, 0.1) is 0 Å². The molecule has 2 aromatic rings. The molecule has 0 aliphatic rings. The number of nitrogens with one attached hydrogen (secondary N) is 1. The molecule has 27 heavy (non-hydrogen) atoms. The molecule has 1 unspecified atom stereocenters. The van der Waals surface area contributed by atoms with Gasteiger partial charge in [-0.1, -0.05) is 30.3 Å². The molecule has 6 heteroatoms. The van der Waals surface area contributed by atoms with Crippen LogP contribution in [0.25, 0.3) is 0 Å². The van der Waals surface area contributed by atoms with Crippen LogP contribution in [0.4, 0.5) is 4.79 Å². The second kappa shape index (κ2) is 9.07. The molecule has 0 bridgehead atoms.